The number of benzene rings is 2. The Morgan fingerprint density at radius 2 is 1.67 bits per heavy atom. The van der Waals surface area contributed by atoms with E-state index < -0.39 is 21.7 Å². The van der Waals surface area contributed by atoms with Crippen molar-refractivity contribution in [1.29, 1.82) is 0 Å². The zero-order valence-corrected chi connectivity index (χ0v) is 14.0. The maximum absolute atomic E-state index is 12.4. The Morgan fingerprint density at radius 3 is 2.25 bits per heavy atom. The van der Waals surface area contributed by atoms with Gasteiger partial charge in [-0.05, 0) is 42.8 Å². The highest BCUT2D eigenvalue weighted by Gasteiger charge is 2.21. The van der Waals surface area contributed by atoms with Gasteiger partial charge in [0, 0.05) is 11.3 Å². The molecule has 0 fully saturated rings. The van der Waals surface area contributed by atoms with Gasteiger partial charge in [0.2, 0.25) is 5.91 Å². The first-order valence-corrected chi connectivity index (χ1v) is 9.03. The molecule has 2 aromatic carbocycles. The standard InChI is InChI=1S/C17H18N2O4S/c1-2-11-24(22,23)15-6-4-3-5-14(15)17(21)19-13-9-7-12(8-10-13)16(18)20/h3-10H,2,11H2,1H3,(H2,18,20)(H,19,21). The summed E-state index contributed by atoms with van der Waals surface area (Å²) in [6.07, 6.45) is 0.465. The number of amides is 2. The number of sulfone groups is 1. The van der Waals surface area contributed by atoms with E-state index in [1.165, 1.54) is 36.4 Å². The molecule has 0 bridgehead atoms. The summed E-state index contributed by atoms with van der Waals surface area (Å²) >= 11 is 0. The van der Waals surface area contributed by atoms with Gasteiger partial charge in [-0.2, -0.15) is 0 Å². The largest absolute Gasteiger partial charge is 0.366 e. The topological polar surface area (TPSA) is 106 Å². The highest BCUT2D eigenvalue weighted by molar-refractivity contribution is 7.91. The van der Waals surface area contributed by atoms with E-state index in [1.54, 1.807) is 19.1 Å². The fourth-order valence-corrected chi connectivity index (χ4v) is 3.76. The number of anilines is 1. The molecule has 2 rings (SSSR count). The SMILES string of the molecule is CCCS(=O)(=O)c1ccccc1C(=O)Nc1ccc(C(N)=O)cc1. The lowest BCUT2D eigenvalue weighted by molar-refractivity contribution is 0.0998. The molecular weight excluding hydrogens is 328 g/mol. The predicted molar refractivity (Wildman–Crippen MR) is 91.7 cm³/mol. The highest BCUT2D eigenvalue weighted by Crippen LogP contribution is 2.19. The third-order valence-electron chi connectivity index (χ3n) is 3.37. The normalized spacial score (nSPS) is 11.0. The van der Waals surface area contributed by atoms with E-state index in [9.17, 15) is 18.0 Å². The van der Waals surface area contributed by atoms with Gasteiger partial charge >= 0.3 is 0 Å². The lowest BCUT2D eigenvalue weighted by Crippen LogP contribution is -2.18. The Morgan fingerprint density at radius 1 is 1.04 bits per heavy atom. The quantitative estimate of drug-likeness (QED) is 0.836. The zero-order chi connectivity index (χ0) is 17.7. The highest BCUT2D eigenvalue weighted by atomic mass is 32.2. The van der Waals surface area contributed by atoms with Crippen LogP contribution in [-0.4, -0.2) is 26.0 Å². The van der Waals surface area contributed by atoms with Crippen LogP contribution in [0.2, 0.25) is 0 Å². The lowest BCUT2D eigenvalue weighted by atomic mass is 10.1. The number of nitrogens with one attached hydrogen (secondary N) is 1. The average molecular weight is 346 g/mol. The smallest absolute Gasteiger partial charge is 0.256 e. The van der Waals surface area contributed by atoms with Gasteiger partial charge in [0.1, 0.15) is 0 Å². The molecule has 0 heterocycles. The number of primary amides is 1. The third-order valence-corrected chi connectivity index (χ3v) is 5.34. The van der Waals surface area contributed by atoms with Crippen molar-refractivity contribution in [2.45, 2.75) is 18.2 Å². The number of carbonyl (C=O) groups is 2. The molecule has 0 aliphatic rings. The first-order chi connectivity index (χ1) is 11.3. The number of carbonyl (C=O) groups excluding carboxylic acids is 2. The van der Waals surface area contributed by atoms with Crippen LogP contribution in [0, 0.1) is 0 Å². The zero-order valence-electron chi connectivity index (χ0n) is 13.2. The third kappa shape index (κ3) is 3.99. The van der Waals surface area contributed by atoms with Crippen LogP contribution in [-0.2, 0) is 9.84 Å². The van der Waals surface area contributed by atoms with Crippen molar-refractivity contribution in [2.75, 3.05) is 11.1 Å². The first kappa shape index (κ1) is 17.7. The summed E-state index contributed by atoms with van der Waals surface area (Å²) in [6.45, 7) is 1.76. The van der Waals surface area contributed by atoms with Crippen molar-refractivity contribution < 1.29 is 18.0 Å². The molecule has 0 unspecified atom stereocenters. The van der Waals surface area contributed by atoms with E-state index in [4.69, 9.17) is 5.73 Å². The van der Waals surface area contributed by atoms with Gasteiger partial charge in [-0.25, -0.2) is 8.42 Å². The molecule has 0 atom stereocenters. The van der Waals surface area contributed by atoms with Crippen LogP contribution in [0.3, 0.4) is 0 Å². The summed E-state index contributed by atoms with van der Waals surface area (Å²) in [7, 11) is -3.52. The van der Waals surface area contributed by atoms with E-state index in [0.29, 0.717) is 17.7 Å². The molecule has 0 aliphatic carbocycles. The molecule has 3 N–H and O–H groups in total. The maximum Gasteiger partial charge on any atom is 0.256 e. The van der Waals surface area contributed by atoms with Crippen molar-refractivity contribution >= 4 is 27.3 Å². The molecular formula is C17H18N2O4S. The Bertz CT molecular complexity index is 858. The summed E-state index contributed by atoms with van der Waals surface area (Å²) in [5.41, 5.74) is 6.00. The van der Waals surface area contributed by atoms with Gasteiger partial charge in [-0.3, -0.25) is 9.59 Å². The van der Waals surface area contributed by atoms with Gasteiger partial charge in [-0.1, -0.05) is 19.1 Å². The number of hydrogen-bond acceptors (Lipinski definition) is 4. The summed E-state index contributed by atoms with van der Waals surface area (Å²) in [6, 6.07) is 12.1. The van der Waals surface area contributed by atoms with Gasteiger partial charge in [0.25, 0.3) is 5.91 Å². The molecule has 7 heteroatoms. The van der Waals surface area contributed by atoms with Crippen LogP contribution in [0.1, 0.15) is 34.1 Å². The van der Waals surface area contributed by atoms with Crippen molar-refractivity contribution in [3.8, 4) is 0 Å². The molecule has 126 valence electrons. The number of rotatable bonds is 6. The Balaban J connectivity index is 2.29. The predicted octanol–water partition coefficient (Wildman–Crippen LogP) is 2.22. The minimum absolute atomic E-state index is 0.0121. The lowest BCUT2D eigenvalue weighted by Gasteiger charge is -2.10. The Kier molecular flexibility index (Phi) is 5.35. The fourth-order valence-electron chi connectivity index (χ4n) is 2.22. The van der Waals surface area contributed by atoms with E-state index in [1.807, 2.05) is 0 Å². The second-order valence-electron chi connectivity index (χ2n) is 5.21. The molecule has 0 spiro atoms. The molecule has 6 nitrogen and oxygen atoms in total. The van der Waals surface area contributed by atoms with Gasteiger partial charge in [0.05, 0.1) is 16.2 Å². The van der Waals surface area contributed by atoms with Gasteiger partial charge in [0.15, 0.2) is 9.84 Å². The monoisotopic (exact) mass is 346 g/mol. The van der Waals surface area contributed by atoms with E-state index in [2.05, 4.69) is 5.32 Å². The maximum atomic E-state index is 12.4. The summed E-state index contributed by atoms with van der Waals surface area (Å²) in [5, 5.41) is 2.62. The Labute approximate surface area is 140 Å². The van der Waals surface area contributed by atoms with Crippen molar-refractivity contribution in [3.05, 3.63) is 59.7 Å². The van der Waals surface area contributed by atoms with Crippen molar-refractivity contribution in [1.82, 2.24) is 0 Å². The molecule has 0 radical (unpaired) electrons. The van der Waals surface area contributed by atoms with Crippen LogP contribution >= 0.6 is 0 Å². The van der Waals surface area contributed by atoms with Crippen LogP contribution in [0.4, 0.5) is 5.69 Å². The number of hydrogen-bond donors (Lipinski definition) is 2. The molecule has 0 aliphatic heterocycles. The van der Waals surface area contributed by atoms with Crippen LogP contribution < -0.4 is 11.1 Å². The van der Waals surface area contributed by atoms with Crippen LogP contribution in [0.15, 0.2) is 53.4 Å². The summed E-state index contributed by atoms with van der Waals surface area (Å²) < 4.78 is 24.6. The van der Waals surface area contributed by atoms with Crippen LogP contribution in [0.5, 0.6) is 0 Å². The molecule has 0 aromatic heterocycles. The van der Waals surface area contributed by atoms with E-state index >= 15 is 0 Å². The molecule has 24 heavy (non-hydrogen) atoms. The fraction of sp³-hybridized carbons (Fsp3) is 0.176. The second kappa shape index (κ2) is 7.27. The molecule has 0 saturated carbocycles. The molecule has 2 aromatic rings. The van der Waals surface area contributed by atoms with Crippen molar-refractivity contribution in [2.24, 2.45) is 5.73 Å². The Hall–Kier alpha value is -2.67. The van der Waals surface area contributed by atoms with E-state index in [-0.39, 0.29) is 16.2 Å². The first-order valence-electron chi connectivity index (χ1n) is 7.38. The molecule has 0 saturated heterocycles. The van der Waals surface area contributed by atoms with Gasteiger partial charge < -0.3 is 11.1 Å². The summed E-state index contributed by atoms with van der Waals surface area (Å²) in [4.78, 5) is 23.5. The second-order valence-corrected chi connectivity index (χ2v) is 7.29. The molecule has 2 amide bonds. The minimum Gasteiger partial charge on any atom is -0.366 e. The van der Waals surface area contributed by atoms with Crippen LogP contribution in [0.25, 0.3) is 0 Å². The van der Waals surface area contributed by atoms with Crippen molar-refractivity contribution in [3.63, 3.8) is 0 Å². The van der Waals surface area contributed by atoms with Gasteiger partial charge in [-0.15, -0.1) is 0 Å². The average Bonchev–Trinajstić information content (AvgIpc) is 2.55. The number of nitrogens with two attached hydrogens (primary N) is 1. The summed E-state index contributed by atoms with van der Waals surface area (Å²) in [5.74, 6) is -1.12. The minimum atomic E-state index is -3.52. The van der Waals surface area contributed by atoms with E-state index in [0.717, 1.165) is 0 Å².